The van der Waals surface area contributed by atoms with Gasteiger partial charge in [-0.3, -0.25) is 18.9 Å². The summed E-state index contributed by atoms with van der Waals surface area (Å²) in [6.07, 6.45) is 3.42. The zero-order chi connectivity index (χ0) is 25.4. The Labute approximate surface area is 223 Å². The van der Waals surface area contributed by atoms with E-state index in [0.717, 1.165) is 27.1 Å². The summed E-state index contributed by atoms with van der Waals surface area (Å²) in [5, 5.41) is 0.552. The van der Waals surface area contributed by atoms with Crippen LogP contribution >= 0.6 is 35.7 Å². The lowest BCUT2D eigenvalue weighted by atomic mass is 10.1. The number of carbonyl (C=O) groups is 1. The van der Waals surface area contributed by atoms with Crippen molar-refractivity contribution in [1.82, 2.24) is 14.3 Å². The molecule has 0 aliphatic carbocycles. The Kier molecular flexibility index (Phi) is 6.83. The lowest BCUT2D eigenvalue weighted by Crippen LogP contribution is -2.27. The number of carbonyl (C=O) groups excluding carboxylic acids is 1. The molecule has 0 bridgehead atoms. The molecule has 180 valence electrons. The van der Waals surface area contributed by atoms with Crippen molar-refractivity contribution in [2.24, 2.45) is 0 Å². The van der Waals surface area contributed by atoms with Gasteiger partial charge in [0.25, 0.3) is 11.5 Å². The van der Waals surface area contributed by atoms with Gasteiger partial charge in [-0.15, -0.1) is 0 Å². The third kappa shape index (κ3) is 5.02. The zero-order valence-electron chi connectivity index (χ0n) is 20.0. The first-order valence-corrected chi connectivity index (χ1v) is 13.4. The third-order valence-corrected chi connectivity index (χ3v) is 8.21. The number of benzene rings is 2. The normalized spacial score (nSPS) is 14.9. The molecule has 5 nitrogen and oxygen atoms in total. The number of aromatic nitrogens is 2. The first kappa shape index (κ1) is 24.5. The quantitative estimate of drug-likeness (QED) is 0.175. The maximum Gasteiger partial charge on any atom is 0.266 e. The molecule has 4 aromatic rings. The van der Waals surface area contributed by atoms with Crippen molar-refractivity contribution < 1.29 is 4.79 Å². The van der Waals surface area contributed by atoms with Gasteiger partial charge in [0.05, 0.1) is 17.0 Å². The summed E-state index contributed by atoms with van der Waals surface area (Å²) >= 11 is 8.16. The van der Waals surface area contributed by atoms with Crippen molar-refractivity contribution in [2.45, 2.75) is 37.2 Å². The number of nitrogens with zero attached hydrogens (tertiary/aromatic N) is 3. The van der Waals surface area contributed by atoms with Gasteiger partial charge in [0.2, 0.25) is 0 Å². The molecule has 3 heterocycles. The molecular formula is C28H23N3O2S3. The molecule has 0 spiro atoms. The number of rotatable bonds is 5. The molecule has 1 saturated heterocycles. The number of fused-ring (bicyclic) bond motifs is 1. The van der Waals surface area contributed by atoms with Crippen LogP contribution < -0.4 is 5.56 Å². The molecule has 2 aromatic heterocycles. The number of hydrogen-bond donors (Lipinski definition) is 0. The number of thiocarbonyl (C=S) groups is 1. The van der Waals surface area contributed by atoms with Crippen LogP contribution in [0.15, 0.2) is 86.5 Å². The van der Waals surface area contributed by atoms with Gasteiger partial charge in [0.1, 0.15) is 15.0 Å². The van der Waals surface area contributed by atoms with E-state index in [-0.39, 0.29) is 11.5 Å². The molecule has 0 radical (unpaired) electrons. The van der Waals surface area contributed by atoms with Gasteiger partial charge in [-0.25, -0.2) is 4.98 Å². The van der Waals surface area contributed by atoms with Crippen molar-refractivity contribution in [2.75, 3.05) is 0 Å². The number of aryl methyl sites for hydroxylation is 3. The Hall–Kier alpha value is -3.20. The van der Waals surface area contributed by atoms with Crippen LogP contribution in [0.25, 0.3) is 11.7 Å². The third-order valence-electron chi connectivity index (χ3n) is 5.82. The minimum absolute atomic E-state index is 0.203. The van der Waals surface area contributed by atoms with E-state index in [9.17, 15) is 9.59 Å². The Balaban J connectivity index is 1.56. The van der Waals surface area contributed by atoms with E-state index >= 15 is 0 Å². The Morgan fingerprint density at radius 2 is 1.56 bits per heavy atom. The summed E-state index contributed by atoms with van der Waals surface area (Å²) in [6.45, 7) is 6.37. The predicted octanol–water partition coefficient (Wildman–Crippen LogP) is 6.17. The molecule has 2 aromatic carbocycles. The van der Waals surface area contributed by atoms with E-state index < -0.39 is 0 Å². The number of amides is 1. The molecule has 1 fully saturated rings. The summed E-state index contributed by atoms with van der Waals surface area (Å²) in [5.41, 5.74) is 4.96. The summed E-state index contributed by atoms with van der Waals surface area (Å²) in [4.78, 5) is 34.7. The SMILES string of the molecule is Cc1ccc(CN2C(=O)/C(=C\c3c(Sc4ccc(C)cc4)nc4ccc(C)cn4c3=O)SC2=S)cc1. The highest BCUT2D eigenvalue weighted by Gasteiger charge is 2.32. The largest absolute Gasteiger partial charge is 0.288 e. The Morgan fingerprint density at radius 1 is 0.917 bits per heavy atom. The highest BCUT2D eigenvalue weighted by molar-refractivity contribution is 8.26. The molecule has 36 heavy (non-hydrogen) atoms. The first-order chi connectivity index (χ1) is 17.3. The van der Waals surface area contributed by atoms with Crippen LogP contribution in [0.1, 0.15) is 27.8 Å². The van der Waals surface area contributed by atoms with Crippen LogP contribution in [0, 0.1) is 20.8 Å². The molecule has 0 saturated carbocycles. The summed E-state index contributed by atoms with van der Waals surface area (Å²) in [7, 11) is 0. The van der Waals surface area contributed by atoms with Gasteiger partial charge in [-0.05, 0) is 56.2 Å². The second kappa shape index (κ2) is 10.0. The van der Waals surface area contributed by atoms with Gasteiger partial charge < -0.3 is 0 Å². The Morgan fingerprint density at radius 3 is 2.25 bits per heavy atom. The average molecular weight is 530 g/mol. The van der Waals surface area contributed by atoms with Crippen molar-refractivity contribution in [3.05, 3.63) is 110 Å². The molecule has 0 N–H and O–H groups in total. The van der Waals surface area contributed by atoms with Crippen LogP contribution in [0.4, 0.5) is 0 Å². The van der Waals surface area contributed by atoms with Gasteiger partial charge in [-0.2, -0.15) is 0 Å². The van der Waals surface area contributed by atoms with Crippen LogP contribution in [-0.4, -0.2) is 24.5 Å². The molecule has 1 aliphatic rings. The fourth-order valence-electron chi connectivity index (χ4n) is 3.80. The molecule has 5 rings (SSSR count). The fraction of sp³-hybridized carbons (Fsp3) is 0.143. The van der Waals surface area contributed by atoms with E-state index in [4.69, 9.17) is 17.2 Å². The van der Waals surface area contributed by atoms with E-state index in [2.05, 4.69) is 0 Å². The number of thioether (sulfide) groups is 1. The smallest absolute Gasteiger partial charge is 0.266 e. The average Bonchev–Trinajstić information content (AvgIpc) is 3.12. The van der Waals surface area contributed by atoms with E-state index in [1.165, 1.54) is 27.9 Å². The maximum absolute atomic E-state index is 13.6. The number of hydrogen-bond acceptors (Lipinski definition) is 6. The molecule has 0 unspecified atom stereocenters. The minimum atomic E-state index is -0.220. The summed E-state index contributed by atoms with van der Waals surface area (Å²) in [5.74, 6) is -0.203. The maximum atomic E-state index is 13.6. The van der Waals surface area contributed by atoms with Crippen LogP contribution in [0.5, 0.6) is 0 Å². The topological polar surface area (TPSA) is 54.7 Å². The van der Waals surface area contributed by atoms with Gasteiger partial charge in [0, 0.05) is 11.1 Å². The van der Waals surface area contributed by atoms with Crippen LogP contribution in [0.2, 0.25) is 0 Å². The molecular weight excluding hydrogens is 507 g/mol. The van der Waals surface area contributed by atoms with Crippen molar-refractivity contribution >= 4 is 57.7 Å². The minimum Gasteiger partial charge on any atom is -0.288 e. The highest BCUT2D eigenvalue weighted by Crippen LogP contribution is 2.36. The molecule has 8 heteroatoms. The van der Waals surface area contributed by atoms with E-state index in [1.54, 1.807) is 17.2 Å². The molecule has 1 amide bonds. The predicted molar refractivity (Wildman–Crippen MR) is 151 cm³/mol. The zero-order valence-corrected chi connectivity index (χ0v) is 22.5. The first-order valence-electron chi connectivity index (χ1n) is 11.4. The monoisotopic (exact) mass is 529 g/mol. The van der Waals surface area contributed by atoms with Crippen LogP contribution in [-0.2, 0) is 11.3 Å². The van der Waals surface area contributed by atoms with Crippen molar-refractivity contribution in [3.63, 3.8) is 0 Å². The molecule has 0 atom stereocenters. The van der Waals surface area contributed by atoms with Crippen molar-refractivity contribution in [1.29, 1.82) is 0 Å². The second-order valence-electron chi connectivity index (χ2n) is 8.74. The fourth-order valence-corrected chi connectivity index (χ4v) is 5.93. The second-order valence-corrected chi connectivity index (χ2v) is 11.5. The van der Waals surface area contributed by atoms with Crippen LogP contribution in [0.3, 0.4) is 0 Å². The summed E-state index contributed by atoms with van der Waals surface area (Å²) < 4.78 is 2.01. The lowest BCUT2D eigenvalue weighted by molar-refractivity contribution is -0.122. The highest BCUT2D eigenvalue weighted by atomic mass is 32.2. The van der Waals surface area contributed by atoms with Gasteiger partial charge in [-0.1, -0.05) is 89.3 Å². The van der Waals surface area contributed by atoms with Gasteiger partial charge >= 0.3 is 0 Å². The Bertz CT molecular complexity index is 1590. The molecule has 1 aliphatic heterocycles. The van der Waals surface area contributed by atoms with E-state index in [1.807, 2.05) is 81.4 Å². The standard InChI is InChI=1S/C28H23N3O2S3/c1-17-4-9-20(10-5-17)16-31-27(33)23(36-28(31)34)14-22-25(35-21-11-6-18(2)7-12-21)29-24-13-8-19(3)15-30(24)26(22)32/h4-15H,16H2,1-3H3/b23-14+. The van der Waals surface area contributed by atoms with Gasteiger partial charge in [0.15, 0.2) is 0 Å². The van der Waals surface area contributed by atoms with E-state index in [0.29, 0.717) is 32.0 Å². The van der Waals surface area contributed by atoms with Crippen molar-refractivity contribution in [3.8, 4) is 0 Å². The lowest BCUT2D eigenvalue weighted by Gasteiger charge is -2.14. The number of pyridine rings is 1. The summed E-state index contributed by atoms with van der Waals surface area (Å²) in [6, 6.07) is 19.8.